The van der Waals surface area contributed by atoms with Crippen LogP contribution in [0.3, 0.4) is 0 Å². The molecule has 0 aliphatic heterocycles. The summed E-state index contributed by atoms with van der Waals surface area (Å²) in [4.78, 5) is 10.9. The van der Waals surface area contributed by atoms with Gasteiger partial charge in [0.15, 0.2) is 0 Å². The second kappa shape index (κ2) is 5.56. The first kappa shape index (κ1) is 13.3. The van der Waals surface area contributed by atoms with E-state index in [9.17, 15) is 18.0 Å². The molecule has 0 saturated heterocycles. The molecular weight excluding hydrogens is 235 g/mol. The Morgan fingerprint density at radius 2 is 1.88 bits per heavy atom. The van der Waals surface area contributed by atoms with Crippen LogP contribution in [-0.2, 0) is 11.3 Å². The molecule has 0 saturated carbocycles. The van der Waals surface area contributed by atoms with E-state index in [2.05, 4.69) is 5.32 Å². The molecule has 1 N–H and O–H groups in total. The minimum Gasteiger partial charge on any atom is -0.497 e. The van der Waals surface area contributed by atoms with Gasteiger partial charge in [-0.25, -0.2) is 0 Å². The maximum Gasteiger partial charge on any atom is 0.397 e. The highest BCUT2D eigenvalue weighted by atomic mass is 19.4. The van der Waals surface area contributed by atoms with Gasteiger partial charge in [0.05, 0.1) is 7.11 Å². The Kier molecular flexibility index (Phi) is 4.37. The van der Waals surface area contributed by atoms with Gasteiger partial charge in [0, 0.05) is 6.54 Å². The zero-order valence-electron chi connectivity index (χ0n) is 9.17. The first-order valence-corrected chi connectivity index (χ1v) is 4.87. The van der Waals surface area contributed by atoms with Gasteiger partial charge in [-0.2, -0.15) is 13.2 Å². The van der Waals surface area contributed by atoms with Crippen molar-refractivity contribution in [3.63, 3.8) is 0 Å². The summed E-state index contributed by atoms with van der Waals surface area (Å²) in [5.41, 5.74) is 0.710. The topological polar surface area (TPSA) is 38.3 Å². The molecule has 0 aliphatic rings. The van der Waals surface area contributed by atoms with Crippen LogP contribution >= 0.6 is 0 Å². The van der Waals surface area contributed by atoms with Gasteiger partial charge in [-0.05, 0) is 17.7 Å². The normalized spacial score (nSPS) is 11.1. The van der Waals surface area contributed by atoms with Crippen LogP contribution in [0.1, 0.15) is 12.0 Å². The average Bonchev–Trinajstić information content (AvgIpc) is 2.25. The fourth-order valence-electron chi connectivity index (χ4n) is 1.19. The number of methoxy groups -OCH3 is 1. The molecule has 3 nitrogen and oxygen atoms in total. The Balaban J connectivity index is 2.42. The largest absolute Gasteiger partial charge is 0.497 e. The summed E-state index contributed by atoms with van der Waals surface area (Å²) in [6.07, 6.45) is -5.92. The van der Waals surface area contributed by atoms with Crippen LogP contribution in [0.5, 0.6) is 5.75 Å². The second-order valence-corrected chi connectivity index (χ2v) is 3.42. The summed E-state index contributed by atoms with van der Waals surface area (Å²) in [7, 11) is 1.51. The third kappa shape index (κ3) is 5.24. The molecule has 1 aromatic rings. The predicted molar refractivity (Wildman–Crippen MR) is 55.5 cm³/mol. The molecule has 0 fully saturated rings. The van der Waals surface area contributed by atoms with E-state index in [-0.39, 0.29) is 6.54 Å². The van der Waals surface area contributed by atoms with Gasteiger partial charge >= 0.3 is 6.18 Å². The molecule has 1 aromatic carbocycles. The van der Waals surface area contributed by atoms with Crippen LogP contribution in [-0.4, -0.2) is 19.2 Å². The first-order valence-electron chi connectivity index (χ1n) is 4.87. The third-order valence-corrected chi connectivity index (χ3v) is 2.01. The smallest absolute Gasteiger partial charge is 0.397 e. The lowest BCUT2D eigenvalue weighted by Gasteiger charge is -2.08. The molecule has 6 heteroatoms. The standard InChI is InChI=1S/C11H12F3NO2/c1-17-9-4-2-8(3-5-9)7-15-10(16)6-11(12,13)14/h2-5H,6-7H2,1H3,(H,15,16). The number of hydrogen-bond donors (Lipinski definition) is 1. The van der Waals surface area contributed by atoms with E-state index >= 15 is 0 Å². The SMILES string of the molecule is COc1ccc(CNC(=O)CC(F)(F)F)cc1. The van der Waals surface area contributed by atoms with Crippen LogP contribution in [0.4, 0.5) is 13.2 Å². The fraction of sp³-hybridized carbons (Fsp3) is 0.364. The van der Waals surface area contributed by atoms with Gasteiger partial charge in [-0.15, -0.1) is 0 Å². The number of alkyl halides is 3. The zero-order chi connectivity index (χ0) is 12.9. The van der Waals surface area contributed by atoms with Crippen LogP contribution in [0.2, 0.25) is 0 Å². The number of nitrogens with one attached hydrogen (secondary N) is 1. The van der Waals surface area contributed by atoms with Crippen molar-refractivity contribution >= 4 is 5.91 Å². The molecule has 0 unspecified atom stereocenters. The van der Waals surface area contributed by atoms with Crippen molar-refractivity contribution in [1.82, 2.24) is 5.32 Å². The summed E-state index contributed by atoms with van der Waals surface area (Å²) < 4.78 is 40.5. The molecule has 1 amide bonds. The van der Waals surface area contributed by atoms with Crippen molar-refractivity contribution in [3.05, 3.63) is 29.8 Å². The van der Waals surface area contributed by atoms with Crippen molar-refractivity contribution < 1.29 is 22.7 Å². The van der Waals surface area contributed by atoms with Crippen molar-refractivity contribution in [2.45, 2.75) is 19.1 Å². The van der Waals surface area contributed by atoms with Crippen molar-refractivity contribution in [1.29, 1.82) is 0 Å². The second-order valence-electron chi connectivity index (χ2n) is 3.42. The number of carbonyl (C=O) groups excluding carboxylic acids is 1. The minimum absolute atomic E-state index is 0.0684. The number of halogens is 3. The van der Waals surface area contributed by atoms with E-state index in [4.69, 9.17) is 4.74 Å². The number of benzene rings is 1. The Bertz CT molecular complexity index is 373. The average molecular weight is 247 g/mol. The maximum absolute atomic E-state index is 11.9. The Morgan fingerprint density at radius 1 is 1.29 bits per heavy atom. The highest BCUT2D eigenvalue weighted by molar-refractivity contribution is 5.76. The maximum atomic E-state index is 11.9. The Labute approximate surface area is 96.6 Å². The summed E-state index contributed by atoms with van der Waals surface area (Å²) in [5.74, 6) is -0.385. The number of ether oxygens (including phenoxy) is 1. The van der Waals surface area contributed by atoms with E-state index in [1.165, 1.54) is 7.11 Å². The van der Waals surface area contributed by atoms with E-state index in [0.29, 0.717) is 11.3 Å². The molecule has 0 aliphatic carbocycles. The van der Waals surface area contributed by atoms with Gasteiger partial charge in [0.1, 0.15) is 12.2 Å². The number of carbonyl (C=O) groups is 1. The third-order valence-electron chi connectivity index (χ3n) is 2.01. The van der Waals surface area contributed by atoms with Crippen molar-refractivity contribution in [2.75, 3.05) is 7.11 Å². The molecule has 1 rings (SSSR count). The van der Waals surface area contributed by atoms with Gasteiger partial charge in [0.2, 0.25) is 5.91 Å². The predicted octanol–water partition coefficient (Wildman–Crippen LogP) is 2.26. The zero-order valence-corrected chi connectivity index (χ0v) is 9.17. The van der Waals surface area contributed by atoms with Crippen molar-refractivity contribution in [3.8, 4) is 5.75 Å². The molecule has 0 bridgehead atoms. The van der Waals surface area contributed by atoms with Crippen molar-refractivity contribution in [2.24, 2.45) is 0 Å². The quantitative estimate of drug-likeness (QED) is 0.886. The molecule has 0 radical (unpaired) electrons. The molecule has 0 spiro atoms. The molecule has 94 valence electrons. The van der Waals surface area contributed by atoms with E-state index < -0.39 is 18.5 Å². The molecular formula is C11H12F3NO2. The van der Waals surface area contributed by atoms with Gasteiger partial charge < -0.3 is 10.1 Å². The molecule has 0 heterocycles. The highest BCUT2D eigenvalue weighted by Gasteiger charge is 2.30. The van der Waals surface area contributed by atoms with Gasteiger partial charge in [-0.3, -0.25) is 4.79 Å². The fourth-order valence-corrected chi connectivity index (χ4v) is 1.19. The van der Waals surface area contributed by atoms with Crippen LogP contribution in [0.15, 0.2) is 24.3 Å². The lowest BCUT2D eigenvalue weighted by Crippen LogP contribution is -2.28. The Morgan fingerprint density at radius 3 is 2.35 bits per heavy atom. The molecule has 0 aromatic heterocycles. The van der Waals surface area contributed by atoms with E-state index in [0.717, 1.165) is 0 Å². The lowest BCUT2D eigenvalue weighted by atomic mass is 10.2. The van der Waals surface area contributed by atoms with Crippen LogP contribution in [0.25, 0.3) is 0 Å². The highest BCUT2D eigenvalue weighted by Crippen LogP contribution is 2.19. The van der Waals surface area contributed by atoms with Gasteiger partial charge in [-0.1, -0.05) is 12.1 Å². The molecule has 17 heavy (non-hydrogen) atoms. The summed E-state index contributed by atoms with van der Waals surface area (Å²) in [5, 5.41) is 2.19. The van der Waals surface area contributed by atoms with E-state index in [1.807, 2.05) is 0 Å². The number of amides is 1. The van der Waals surface area contributed by atoms with Gasteiger partial charge in [0.25, 0.3) is 0 Å². The Hall–Kier alpha value is -1.72. The number of hydrogen-bond acceptors (Lipinski definition) is 2. The summed E-state index contributed by atoms with van der Waals surface area (Å²) in [6, 6.07) is 6.69. The van der Waals surface area contributed by atoms with E-state index in [1.54, 1.807) is 24.3 Å². The summed E-state index contributed by atoms with van der Waals surface area (Å²) >= 11 is 0. The van der Waals surface area contributed by atoms with Crippen LogP contribution < -0.4 is 10.1 Å². The molecule has 0 atom stereocenters. The lowest BCUT2D eigenvalue weighted by molar-refractivity contribution is -0.153. The monoisotopic (exact) mass is 247 g/mol. The summed E-state index contributed by atoms with van der Waals surface area (Å²) in [6.45, 7) is 0.0684. The van der Waals surface area contributed by atoms with Crippen LogP contribution in [0, 0.1) is 0 Å². The number of rotatable bonds is 4. The minimum atomic E-state index is -4.47. The first-order chi connectivity index (χ1) is 7.90.